The largest absolute Gasteiger partial charge is 0.466 e. The Morgan fingerprint density at radius 3 is 2.71 bits per heavy atom. The van der Waals surface area contributed by atoms with Gasteiger partial charge in [0, 0.05) is 13.0 Å². The molecule has 0 bridgehead atoms. The average molecular weight is 403 g/mol. The maximum atomic E-state index is 12.8. The predicted molar refractivity (Wildman–Crippen MR) is 96.0 cm³/mol. The summed E-state index contributed by atoms with van der Waals surface area (Å²) in [7, 11) is 0. The summed E-state index contributed by atoms with van der Waals surface area (Å²) < 4.78 is 47.8. The highest BCUT2D eigenvalue weighted by molar-refractivity contribution is 5.85. The van der Waals surface area contributed by atoms with Crippen LogP contribution in [0.2, 0.25) is 0 Å². The molecule has 1 aromatic heterocycles. The molecule has 10 heteroatoms. The summed E-state index contributed by atoms with van der Waals surface area (Å²) in [6.45, 7) is 4.27. The van der Waals surface area contributed by atoms with Gasteiger partial charge >= 0.3 is 18.2 Å². The lowest BCUT2D eigenvalue weighted by Crippen LogP contribution is -2.44. The van der Waals surface area contributed by atoms with Crippen LogP contribution in [0, 0.1) is 5.92 Å². The van der Waals surface area contributed by atoms with E-state index in [-0.39, 0.29) is 17.6 Å². The Morgan fingerprint density at radius 1 is 1.36 bits per heavy atom. The molecule has 0 fully saturated rings. The molecule has 1 aliphatic heterocycles. The molecule has 0 radical (unpaired) electrons. The normalized spacial score (nSPS) is 16.6. The van der Waals surface area contributed by atoms with E-state index in [1.807, 2.05) is 0 Å². The van der Waals surface area contributed by atoms with E-state index in [2.05, 4.69) is 20.4 Å². The predicted octanol–water partition coefficient (Wildman–Crippen LogP) is 3.90. The van der Waals surface area contributed by atoms with Gasteiger partial charge in [0.25, 0.3) is 0 Å². The zero-order valence-electron chi connectivity index (χ0n) is 16.0. The van der Waals surface area contributed by atoms with Crippen LogP contribution in [0.5, 0.6) is 0 Å². The van der Waals surface area contributed by atoms with Crippen LogP contribution in [-0.2, 0) is 20.7 Å². The quantitative estimate of drug-likeness (QED) is 0.701. The molecule has 1 aromatic rings. The van der Waals surface area contributed by atoms with E-state index >= 15 is 0 Å². The van der Waals surface area contributed by atoms with Crippen LogP contribution >= 0.6 is 0 Å². The third-order valence-corrected chi connectivity index (χ3v) is 4.37. The number of carbonyl (C=O) groups is 2. The van der Waals surface area contributed by atoms with Gasteiger partial charge in [-0.25, -0.2) is 4.79 Å². The van der Waals surface area contributed by atoms with Crippen molar-refractivity contribution in [2.75, 3.05) is 23.8 Å². The van der Waals surface area contributed by atoms with Crippen LogP contribution in [0.3, 0.4) is 0 Å². The number of ether oxygens (including phenoxy) is 2. The second kappa shape index (κ2) is 8.66. The molecule has 0 spiro atoms. The summed E-state index contributed by atoms with van der Waals surface area (Å²) >= 11 is 0. The molecule has 0 saturated heterocycles. The Bertz CT molecular complexity index is 723. The van der Waals surface area contributed by atoms with E-state index in [1.165, 1.54) is 6.20 Å². The molecule has 2 heterocycles. The fraction of sp³-hybridized carbons (Fsp3) is 0.611. The molecule has 1 amide bonds. The van der Waals surface area contributed by atoms with E-state index in [4.69, 9.17) is 4.74 Å². The standard InChI is InChI=1S/C18H24F3N3O4/c1-4-27-15(25)6-5-11-7-13-14(22-9-11)8-12(10-23-13)24-16(26)28-17(2,3)18(19,20)21/h8,10-11,22H,4-7,9H2,1-3H3,(H,24,26)/t11-/m1/s1. The summed E-state index contributed by atoms with van der Waals surface area (Å²) in [6.07, 6.45) is -2.91. The number of anilines is 2. The number of amides is 1. The molecular weight excluding hydrogens is 379 g/mol. The lowest BCUT2D eigenvalue weighted by Gasteiger charge is -2.28. The van der Waals surface area contributed by atoms with Gasteiger partial charge in [-0.05, 0) is 45.6 Å². The topological polar surface area (TPSA) is 89.6 Å². The minimum atomic E-state index is -4.68. The van der Waals surface area contributed by atoms with Crippen LogP contribution in [0.25, 0.3) is 0 Å². The first kappa shape index (κ1) is 21.8. The number of carbonyl (C=O) groups excluding carboxylic acids is 2. The molecule has 0 aliphatic carbocycles. The fourth-order valence-electron chi connectivity index (χ4n) is 2.67. The number of alkyl halides is 3. The van der Waals surface area contributed by atoms with Gasteiger partial charge in [0.15, 0.2) is 0 Å². The highest BCUT2D eigenvalue weighted by Gasteiger charge is 2.51. The van der Waals surface area contributed by atoms with Crippen molar-refractivity contribution in [3.63, 3.8) is 0 Å². The number of esters is 1. The maximum absolute atomic E-state index is 12.8. The van der Waals surface area contributed by atoms with Crippen molar-refractivity contribution in [3.05, 3.63) is 18.0 Å². The number of nitrogens with zero attached hydrogens (tertiary/aromatic N) is 1. The Morgan fingerprint density at radius 2 is 2.07 bits per heavy atom. The van der Waals surface area contributed by atoms with Crippen molar-refractivity contribution in [1.82, 2.24) is 4.98 Å². The van der Waals surface area contributed by atoms with Gasteiger partial charge in [0.05, 0.1) is 29.9 Å². The summed E-state index contributed by atoms with van der Waals surface area (Å²) in [4.78, 5) is 27.5. The van der Waals surface area contributed by atoms with Gasteiger partial charge in [-0.3, -0.25) is 15.1 Å². The number of rotatable bonds is 6. The SMILES string of the molecule is CCOC(=O)CC[C@H]1CNc2cc(NC(=O)OC(C)(C)C(F)(F)F)cnc2C1. The van der Waals surface area contributed by atoms with Crippen molar-refractivity contribution in [2.45, 2.75) is 51.8 Å². The highest BCUT2D eigenvalue weighted by atomic mass is 19.4. The smallest absolute Gasteiger partial charge is 0.427 e. The number of fused-ring (bicyclic) bond motifs is 1. The summed E-state index contributed by atoms with van der Waals surface area (Å²) in [6, 6.07) is 1.59. The zero-order valence-corrected chi connectivity index (χ0v) is 16.0. The van der Waals surface area contributed by atoms with Crippen LogP contribution < -0.4 is 10.6 Å². The highest BCUT2D eigenvalue weighted by Crippen LogP contribution is 2.33. The lowest BCUT2D eigenvalue weighted by molar-refractivity contribution is -0.242. The minimum Gasteiger partial charge on any atom is -0.466 e. The molecule has 7 nitrogen and oxygen atoms in total. The summed E-state index contributed by atoms with van der Waals surface area (Å²) in [5.74, 6) is -0.0261. The van der Waals surface area contributed by atoms with Crippen LogP contribution in [0.15, 0.2) is 12.3 Å². The number of halogens is 3. The van der Waals surface area contributed by atoms with Gasteiger partial charge < -0.3 is 14.8 Å². The number of hydrogen-bond donors (Lipinski definition) is 2. The van der Waals surface area contributed by atoms with E-state index in [1.54, 1.807) is 13.0 Å². The minimum absolute atomic E-state index is 0.209. The molecule has 0 aromatic carbocycles. The average Bonchev–Trinajstić information content (AvgIpc) is 2.58. The van der Waals surface area contributed by atoms with E-state index in [9.17, 15) is 22.8 Å². The van der Waals surface area contributed by atoms with Gasteiger partial charge in [-0.15, -0.1) is 0 Å². The molecule has 1 atom stereocenters. The first-order valence-corrected chi connectivity index (χ1v) is 8.97. The van der Waals surface area contributed by atoms with Crippen molar-refractivity contribution >= 4 is 23.4 Å². The first-order chi connectivity index (χ1) is 13.0. The van der Waals surface area contributed by atoms with Crippen molar-refractivity contribution < 1.29 is 32.2 Å². The number of aromatic nitrogens is 1. The monoisotopic (exact) mass is 403 g/mol. The lowest BCUT2D eigenvalue weighted by atomic mass is 9.93. The van der Waals surface area contributed by atoms with Crippen molar-refractivity contribution in [3.8, 4) is 0 Å². The van der Waals surface area contributed by atoms with Gasteiger partial charge in [0.2, 0.25) is 5.60 Å². The Kier molecular flexibility index (Phi) is 6.73. The third-order valence-electron chi connectivity index (χ3n) is 4.37. The Balaban J connectivity index is 1.93. The fourth-order valence-corrected chi connectivity index (χ4v) is 2.67. The second-order valence-corrected chi connectivity index (χ2v) is 7.04. The number of pyridine rings is 1. The van der Waals surface area contributed by atoms with E-state index < -0.39 is 17.9 Å². The molecule has 1 aliphatic rings. The van der Waals surface area contributed by atoms with Crippen LogP contribution in [-0.4, -0.2) is 42.0 Å². The molecule has 2 rings (SSSR count). The molecule has 2 N–H and O–H groups in total. The molecule has 0 unspecified atom stereocenters. The molecule has 0 saturated carbocycles. The Hall–Kier alpha value is -2.52. The number of nitrogens with one attached hydrogen (secondary N) is 2. The molecule has 156 valence electrons. The second-order valence-electron chi connectivity index (χ2n) is 7.04. The van der Waals surface area contributed by atoms with E-state index in [0.717, 1.165) is 19.5 Å². The molecular formula is C18H24F3N3O4. The van der Waals surface area contributed by atoms with E-state index in [0.29, 0.717) is 38.1 Å². The summed E-state index contributed by atoms with van der Waals surface area (Å²) in [5, 5.41) is 5.43. The van der Waals surface area contributed by atoms with Gasteiger partial charge in [-0.1, -0.05) is 0 Å². The maximum Gasteiger partial charge on any atom is 0.427 e. The number of hydrogen-bond acceptors (Lipinski definition) is 6. The van der Waals surface area contributed by atoms with Crippen molar-refractivity contribution in [2.24, 2.45) is 5.92 Å². The Labute approximate surface area is 161 Å². The van der Waals surface area contributed by atoms with Crippen LogP contribution in [0.4, 0.5) is 29.3 Å². The van der Waals surface area contributed by atoms with Gasteiger partial charge in [-0.2, -0.15) is 13.2 Å². The molecule has 28 heavy (non-hydrogen) atoms. The third kappa shape index (κ3) is 5.74. The van der Waals surface area contributed by atoms with Crippen LogP contribution in [0.1, 0.15) is 39.3 Å². The van der Waals surface area contributed by atoms with Gasteiger partial charge in [0.1, 0.15) is 0 Å². The first-order valence-electron chi connectivity index (χ1n) is 8.97. The summed E-state index contributed by atoms with van der Waals surface area (Å²) in [5.41, 5.74) is -0.947. The zero-order chi connectivity index (χ0) is 20.9. The van der Waals surface area contributed by atoms with Crippen molar-refractivity contribution in [1.29, 1.82) is 0 Å².